The van der Waals surface area contributed by atoms with Gasteiger partial charge in [0.05, 0.1) is 22.3 Å². The van der Waals surface area contributed by atoms with Gasteiger partial charge in [-0.2, -0.15) is 0 Å². The van der Waals surface area contributed by atoms with Gasteiger partial charge in [-0.1, -0.05) is 73.7 Å². The van der Waals surface area contributed by atoms with Crippen LogP contribution in [-0.2, 0) is 43.4 Å². The molecule has 0 aromatic heterocycles. The van der Waals surface area contributed by atoms with Crippen molar-refractivity contribution in [1.29, 1.82) is 0 Å². The van der Waals surface area contributed by atoms with Crippen molar-refractivity contribution >= 4 is 47.6 Å². The van der Waals surface area contributed by atoms with Gasteiger partial charge >= 0.3 is 11.9 Å². The second kappa shape index (κ2) is 20.7. The molecule has 332 valence electrons. The van der Waals surface area contributed by atoms with Crippen molar-refractivity contribution in [1.82, 2.24) is 9.80 Å². The van der Waals surface area contributed by atoms with Crippen LogP contribution < -0.4 is 4.74 Å². The fraction of sp³-hybridized carbons (Fsp3) is 0.542. The first-order valence-corrected chi connectivity index (χ1v) is 23.3. The molecule has 3 aliphatic carbocycles. The van der Waals surface area contributed by atoms with Gasteiger partial charge in [0, 0.05) is 77.5 Å². The Kier molecular flexibility index (Phi) is 15.7. The van der Waals surface area contributed by atoms with E-state index in [-0.39, 0.29) is 55.0 Å². The van der Waals surface area contributed by atoms with E-state index in [2.05, 4.69) is 22.2 Å². The number of hydrogen-bond acceptors (Lipinski definition) is 12. The van der Waals surface area contributed by atoms with E-state index in [1.165, 1.54) is 11.1 Å². The molecule has 14 heteroatoms. The van der Waals surface area contributed by atoms with Crippen molar-refractivity contribution in [3.63, 3.8) is 0 Å². The van der Waals surface area contributed by atoms with Gasteiger partial charge in [0.25, 0.3) is 0 Å². The highest BCUT2D eigenvalue weighted by molar-refractivity contribution is 7.99. The lowest BCUT2D eigenvalue weighted by atomic mass is 9.55. The highest BCUT2D eigenvalue weighted by Gasteiger charge is 2.56. The number of carbonyl (C=O) groups excluding carboxylic acids is 4. The summed E-state index contributed by atoms with van der Waals surface area (Å²) in [5.74, 6) is 0.505. The van der Waals surface area contributed by atoms with Crippen LogP contribution in [0.25, 0.3) is 0 Å². The molecule has 0 heterocycles. The molecule has 0 unspecified atom stereocenters. The fourth-order valence-corrected chi connectivity index (χ4v) is 11.0. The minimum atomic E-state index is -0.594. The molecule has 3 aromatic rings. The molecular formula is C48H60N4O8S2. The highest BCUT2D eigenvalue weighted by Crippen LogP contribution is 2.61. The Hall–Kier alpha value is -4.56. The third kappa shape index (κ3) is 12.1. The van der Waals surface area contributed by atoms with Gasteiger partial charge in [0.1, 0.15) is 11.9 Å². The van der Waals surface area contributed by atoms with E-state index in [1.54, 1.807) is 9.80 Å². The van der Waals surface area contributed by atoms with Gasteiger partial charge in [-0.3, -0.25) is 19.2 Å². The summed E-state index contributed by atoms with van der Waals surface area (Å²) >= 11 is 1.80. The highest BCUT2D eigenvalue weighted by atomic mass is 32.2. The number of ether oxygens (including phenoxy) is 2. The summed E-state index contributed by atoms with van der Waals surface area (Å²) in [4.78, 5) is 78.8. The number of nitroso groups, excluding NO2 is 2. The van der Waals surface area contributed by atoms with Crippen molar-refractivity contribution in [2.45, 2.75) is 133 Å². The standard InChI is InChI=1S/C48H60N4O8S2/c1-46(2,61-49-57)31-51(29-33-12-8-6-9-13-33)42(53)22-24-44(55)59-36-17-19-37-35(28-36)16-18-39-38(37)26-27-48(5)40(39)20-21-41(48)60-45(56)25-23-43(54)52(32-47(3,4)62-50-58)30-34-14-10-7-11-15-34/h6-15,17,19,28,38-41H,16,18,20-27,29-32H2,1-5H3/t38-,39-,40+,41+,48+/m1/s1. The van der Waals surface area contributed by atoms with E-state index in [4.69, 9.17) is 9.47 Å². The topological polar surface area (TPSA) is 152 Å². The maximum Gasteiger partial charge on any atom is 0.311 e. The normalized spacial score (nSPS) is 21.7. The minimum Gasteiger partial charge on any atom is -0.462 e. The minimum absolute atomic E-state index is 0.00576. The number of hydrogen-bond donors (Lipinski definition) is 0. The number of nitrogens with zero attached hydrogens (tertiary/aromatic N) is 4. The molecule has 0 aliphatic heterocycles. The van der Waals surface area contributed by atoms with Crippen molar-refractivity contribution in [3.8, 4) is 5.75 Å². The Morgan fingerprint density at radius 1 is 0.710 bits per heavy atom. The second-order valence-electron chi connectivity index (χ2n) is 18.7. The molecule has 62 heavy (non-hydrogen) atoms. The Labute approximate surface area is 374 Å². The van der Waals surface area contributed by atoms with E-state index >= 15 is 0 Å². The zero-order valence-electron chi connectivity index (χ0n) is 36.6. The van der Waals surface area contributed by atoms with Crippen molar-refractivity contribution in [2.75, 3.05) is 13.1 Å². The van der Waals surface area contributed by atoms with Crippen molar-refractivity contribution in [3.05, 3.63) is 111 Å². The number of benzene rings is 3. The summed E-state index contributed by atoms with van der Waals surface area (Å²) in [6, 6.07) is 25.2. The van der Waals surface area contributed by atoms with Gasteiger partial charge in [0.15, 0.2) is 0 Å². The van der Waals surface area contributed by atoms with Gasteiger partial charge < -0.3 is 19.3 Å². The molecule has 0 saturated heterocycles. The summed E-state index contributed by atoms with van der Waals surface area (Å²) < 4.78 is 16.8. The summed E-state index contributed by atoms with van der Waals surface area (Å²) in [5.41, 5.74) is 4.25. The lowest BCUT2D eigenvalue weighted by Crippen LogP contribution is -2.45. The third-order valence-electron chi connectivity index (χ3n) is 13.1. The van der Waals surface area contributed by atoms with Crippen LogP contribution in [0.4, 0.5) is 0 Å². The molecule has 2 saturated carbocycles. The Morgan fingerprint density at radius 3 is 1.81 bits per heavy atom. The molecule has 2 amide bonds. The fourth-order valence-electron chi connectivity index (χ4n) is 10.2. The lowest BCUT2D eigenvalue weighted by molar-refractivity contribution is -0.159. The molecule has 0 bridgehead atoms. The molecule has 12 nitrogen and oxygen atoms in total. The quantitative estimate of drug-likeness (QED) is 0.0464. The molecule has 3 aliphatic rings. The number of rotatable bonds is 20. The van der Waals surface area contributed by atoms with Crippen LogP contribution in [0.2, 0.25) is 0 Å². The van der Waals surface area contributed by atoms with Crippen LogP contribution in [0.1, 0.15) is 121 Å². The molecule has 0 N–H and O–H groups in total. The summed E-state index contributed by atoms with van der Waals surface area (Å²) in [5, 5.41) is 0. The molecule has 2 fully saturated rings. The number of amides is 2. The van der Waals surface area contributed by atoms with Crippen LogP contribution >= 0.6 is 23.9 Å². The van der Waals surface area contributed by atoms with E-state index < -0.39 is 15.5 Å². The average molecular weight is 885 g/mol. The van der Waals surface area contributed by atoms with Crippen LogP contribution in [-0.4, -0.2) is 62.2 Å². The van der Waals surface area contributed by atoms with E-state index in [0.29, 0.717) is 49.7 Å². The second-order valence-corrected chi connectivity index (χ2v) is 21.5. The summed E-state index contributed by atoms with van der Waals surface area (Å²) in [7, 11) is 0. The largest absolute Gasteiger partial charge is 0.462 e. The Balaban J connectivity index is 1.01. The van der Waals surface area contributed by atoms with E-state index in [1.807, 2.05) is 100 Å². The maximum atomic E-state index is 13.5. The third-order valence-corrected chi connectivity index (χ3v) is 14.4. The van der Waals surface area contributed by atoms with E-state index in [0.717, 1.165) is 73.5 Å². The van der Waals surface area contributed by atoms with Gasteiger partial charge in [-0.05, 0) is 118 Å². The molecule has 6 rings (SSSR count). The molecular weight excluding hydrogens is 825 g/mol. The summed E-state index contributed by atoms with van der Waals surface area (Å²) in [6.07, 6.45) is 5.25. The van der Waals surface area contributed by atoms with Gasteiger partial charge in [0.2, 0.25) is 11.8 Å². The zero-order valence-corrected chi connectivity index (χ0v) is 38.2. The van der Waals surface area contributed by atoms with E-state index in [9.17, 15) is 29.0 Å². The van der Waals surface area contributed by atoms with Gasteiger partial charge in [-0.25, -0.2) is 0 Å². The smallest absolute Gasteiger partial charge is 0.311 e. The van der Waals surface area contributed by atoms with Crippen LogP contribution in [0, 0.1) is 27.1 Å². The lowest BCUT2D eigenvalue weighted by Gasteiger charge is -2.50. The first-order chi connectivity index (χ1) is 29.6. The Bertz CT molecular complexity index is 2070. The van der Waals surface area contributed by atoms with Crippen molar-refractivity contribution < 1.29 is 28.7 Å². The first kappa shape index (κ1) is 46.9. The maximum absolute atomic E-state index is 13.5. The van der Waals surface area contributed by atoms with Gasteiger partial charge in [-0.15, -0.1) is 9.81 Å². The summed E-state index contributed by atoms with van der Waals surface area (Å²) in [6.45, 7) is 11.1. The van der Waals surface area contributed by atoms with Crippen molar-refractivity contribution in [2.24, 2.45) is 26.4 Å². The SMILES string of the molecule is CC(C)(CN(Cc1ccccc1)C(=O)CCC(=O)Oc1ccc2c(c1)CC[C@@H]1[C@@H]2CC[C@]2(C)[C@@H](OC(=O)CCC(=O)N(Cc3ccccc3)CC(C)(C)SN=O)CC[C@@H]12)SN=O. The number of esters is 2. The first-order valence-electron chi connectivity index (χ1n) is 21.8. The molecule has 3 aromatic carbocycles. The Morgan fingerprint density at radius 2 is 1.26 bits per heavy atom. The monoisotopic (exact) mass is 884 g/mol. The van der Waals surface area contributed by atoms with Crippen LogP contribution in [0.3, 0.4) is 0 Å². The van der Waals surface area contributed by atoms with Crippen LogP contribution in [0.15, 0.2) is 88.0 Å². The molecule has 0 spiro atoms. The average Bonchev–Trinajstić information content (AvgIpc) is 3.57. The number of fused-ring (bicyclic) bond motifs is 5. The van der Waals surface area contributed by atoms with Crippen LogP contribution in [0.5, 0.6) is 5.75 Å². The predicted molar refractivity (Wildman–Crippen MR) is 244 cm³/mol. The molecule has 0 radical (unpaired) electrons. The number of carbonyl (C=O) groups is 4. The molecule has 5 atom stereocenters. The zero-order chi connectivity index (χ0) is 44.5. The number of aryl methyl sites for hydroxylation is 1. The predicted octanol–water partition coefficient (Wildman–Crippen LogP) is 10.4.